The fourth-order valence-corrected chi connectivity index (χ4v) is 2.32. The van der Waals surface area contributed by atoms with Crippen molar-refractivity contribution in [2.24, 2.45) is 0 Å². The van der Waals surface area contributed by atoms with E-state index >= 15 is 0 Å². The topological polar surface area (TPSA) is 54.0 Å². The quantitative estimate of drug-likeness (QED) is 0.880. The highest BCUT2D eigenvalue weighted by Gasteiger charge is 2.23. The van der Waals surface area contributed by atoms with Gasteiger partial charge in [-0.1, -0.05) is 6.07 Å². The van der Waals surface area contributed by atoms with Gasteiger partial charge in [0.1, 0.15) is 0 Å². The molecule has 1 saturated carbocycles. The summed E-state index contributed by atoms with van der Waals surface area (Å²) in [7, 11) is 0. The van der Waals surface area contributed by atoms with Gasteiger partial charge in [-0.2, -0.15) is 0 Å². The zero-order valence-corrected chi connectivity index (χ0v) is 11.2. The molecule has 1 aromatic heterocycles. The van der Waals surface area contributed by atoms with Gasteiger partial charge in [0.15, 0.2) is 0 Å². The zero-order chi connectivity index (χ0) is 13.1. The van der Waals surface area contributed by atoms with Gasteiger partial charge in [0.25, 0.3) is 5.91 Å². The van der Waals surface area contributed by atoms with Gasteiger partial charge >= 0.3 is 0 Å². The first-order valence-electron chi connectivity index (χ1n) is 6.33. The Morgan fingerprint density at radius 1 is 1.42 bits per heavy atom. The summed E-state index contributed by atoms with van der Waals surface area (Å²) in [5, 5.41) is 6.29. The molecule has 1 aliphatic rings. The lowest BCUT2D eigenvalue weighted by Crippen LogP contribution is -2.25. The second kappa shape index (κ2) is 5.40. The number of nitrogens with one attached hydrogen (secondary N) is 2. The lowest BCUT2D eigenvalue weighted by atomic mass is 10.2. The second-order valence-electron chi connectivity index (χ2n) is 4.65. The molecule has 98 valence electrons. The van der Waals surface area contributed by atoms with Crippen LogP contribution in [-0.4, -0.2) is 16.9 Å². The van der Waals surface area contributed by atoms with Crippen molar-refractivity contribution in [3.8, 4) is 0 Å². The van der Waals surface area contributed by atoms with E-state index in [9.17, 15) is 4.79 Å². The first kappa shape index (κ1) is 12.2. The SMILES string of the molecule is O=C(NC1CC1)c1cccc(NCc2cncs2)c1. The number of hydrogen-bond donors (Lipinski definition) is 2. The molecule has 2 N–H and O–H groups in total. The number of hydrogen-bond acceptors (Lipinski definition) is 4. The Labute approximate surface area is 115 Å². The van der Waals surface area contributed by atoms with Gasteiger partial charge in [-0.3, -0.25) is 9.78 Å². The molecule has 0 unspecified atom stereocenters. The molecule has 4 nitrogen and oxygen atoms in total. The molecule has 1 aromatic carbocycles. The van der Waals surface area contributed by atoms with E-state index in [0.717, 1.165) is 25.1 Å². The maximum atomic E-state index is 11.9. The lowest BCUT2D eigenvalue weighted by molar-refractivity contribution is 0.0951. The van der Waals surface area contributed by atoms with Crippen molar-refractivity contribution in [2.75, 3.05) is 5.32 Å². The Balaban J connectivity index is 1.63. The summed E-state index contributed by atoms with van der Waals surface area (Å²) in [6.07, 6.45) is 4.06. The fourth-order valence-electron chi connectivity index (χ4n) is 1.79. The van der Waals surface area contributed by atoms with Gasteiger partial charge < -0.3 is 10.6 Å². The first-order valence-corrected chi connectivity index (χ1v) is 7.21. The standard InChI is InChI=1S/C14H15N3OS/c18-14(17-11-4-5-11)10-2-1-3-12(6-10)16-8-13-7-15-9-19-13/h1-3,6-7,9,11,16H,4-5,8H2,(H,17,18). The maximum Gasteiger partial charge on any atom is 0.251 e. The van der Waals surface area contributed by atoms with Gasteiger partial charge in [0.05, 0.1) is 12.1 Å². The van der Waals surface area contributed by atoms with Crippen molar-refractivity contribution >= 4 is 22.9 Å². The number of amides is 1. The molecule has 3 rings (SSSR count). The maximum absolute atomic E-state index is 11.9. The Morgan fingerprint density at radius 3 is 3.05 bits per heavy atom. The second-order valence-corrected chi connectivity index (χ2v) is 5.62. The average Bonchev–Trinajstić information content (AvgIpc) is 3.09. The first-order chi connectivity index (χ1) is 9.31. The van der Waals surface area contributed by atoms with Crippen LogP contribution in [-0.2, 0) is 6.54 Å². The van der Waals surface area contributed by atoms with Gasteiger partial charge in [-0.25, -0.2) is 0 Å². The monoisotopic (exact) mass is 273 g/mol. The summed E-state index contributed by atoms with van der Waals surface area (Å²) >= 11 is 1.62. The van der Waals surface area contributed by atoms with E-state index < -0.39 is 0 Å². The Kier molecular flexibility index (Phi) is 3.46. The van der Waals surface area contributed by atoms with E-state index in [1.54, 1.807) is 11.3 Å². The van der Waals surface area contributed by atoms with Crippen LogP contribution < -0.4 is 10.6 Å². The molecule has 1 amide bonds. The summed E-state index contributed by atoms with van der Waals surface area (Å²) in [5.41, 5.74) is 3.48. The van der Waals surface area contributed by atoms with Crippen LogP contribution in [0.5, 0.6) is 0 Å². The molecule has 0 saturated heterocycles. The van der Waals surface area contributed by atoms with Crippen LogP contribution in [0.4, 0.5) is 5.69 Å². The molecule has 0 bridgehead atoms. The van der Waals surface area contributed by atoms with Crippen LogP contribution in [0.15, 0.2) is 36.0 Å². The highest BCUT2D eigenvalue weighted by molar-refractivity contribution is 7.09. The Bertz CT molecular complexity index is 564. The molecule has 5 heteroatoms. The van der Waals surface area contributed by atoms with Crippen LogP contribution in [0.25, 0.3) is 0 Å². The molecular formula is C14H15N3OS. The molecule has 1 heterocycles. The van der Waals surface area contributed by atoms with Crippen LogP contribution in [0, 0.1) is 0 Å². The largest absolute Gasteiger partial charge is 0.380 e. The van der Waals surface area contributed by atoms with Gasteiger partial charge in [0, 0.05) is 28.4 Å². The lowest BCUT2D eigenvalue weighted by Gasteiger charge is -2.07. The number of benzene rings is 1. The minimum atomic E-state index is 0.0175. The summed E-state index contributed by atoms with van der Waals surface area (Å²) < 4.78 is 0. The number of nitrogens with zero attached hydrogens (tertiary/aromatic N) is 1. The number of carbonyl (C=O) groups is 1. The van der Waals surface area contributed by atoms with Crippen LogP contribution in [0.2, 0.25) is 0 Å². The minimum Gasteiger partial charge on any atom is -0.380 e. The Morgan fingerprint density at radius 2 is 2.32 bits per heavy atom. The smallest absolute Gasteiger partial charge is 0.251 e. The van der Waals surface area contributed by atoms with Crippen LogP contribution in [0.3, 0.4) is 0 Å². The molecular weight excluding hydrogens is 258 g/mol. The van der Waals surface area contributed by atoms with E-state index in [1.165, 1.54) is 4.88 Å². The van der Waals surface area contributed by atoms with E-state index in [4.69, 9.17) is 0 Å². The number of carbonyl (C=O) groups excluding carboxylic acids is 1. The summed E-state index contributed by atoms with van der Waals surface area (Å²) in [6, 6.07) is 7.99. The van der Waals surface area contributed by atoms with E-state index in [0.29, 0.717) is 11.6 Å². The number of rotatable bonds is 5. The van der Waals surface area contributed by atoms with Gasteiger partial charge in [-0.05, 0) is 31.0 Å². The number of thiazole rings is 1. The minimum absolute atomic E-state index is 0.0175. The summed E-state index contributed by atoms with van der Waals surface area (Å²) in [4.78, 5) is 17.1. The fraction of sp³-hybridized carbons (Fsp3) is 0.286. The molecule has 0 atom stereocenters. The predicted molar refractivity (Wildman–Crippen MR) is 76.4 cm³/mol. The molecule has 0 radical (unpaired) electrons. The molecule has 1 aliphatic carbocycles. The highest BCUT2D eigenvalue weighted by Crippen LogP contribution is 2.20. The van der Waals surface area contributed by atoms with Crippen molar-refractivity contribution in [3.05, 3.63) is 46.4 Å². The third-order valence-corrected chi connectivity index (χ3v) is 3.77. The van der Waals surface area contributed by atoms with Gasteiger partial charge in [-0.15, -0.1) is 11.3 Å². The zero-order valence-electron chi connectivity index (χ0n) is 10.4. The van der Waals surface area contributed by atoms with E-state index in [1.807, 2.05) is 36.0 Å². The average molecular weight is 273 g/mol. The van der Waals surface area contributed by atoms with E-state index in [-0.39, 0.29) is 5.91 Å². The molecule has 19 heavy (non-hydrogen) atoms. The Hall–Kier alpha value is -1.88. The summed E-state index contributed by atoms with van der Waals surface area (Å²) in [5.74, 6) is 0.0175. The van der Waals surface area contributed by atoms with Crippen molar-refractivity contribution in [1.29, 1.82) is 0 Å². The van der Waals surface area contributed by atoms with E-state index in [2.05, 4.69) is 15.6 Å². The van der Waals surface area contributed by atoms with Crippen molar-refractivity contribution in [2.45, 2.75) is 25.4 Å². The number of anilines is 1. The van der Waals surface area contributed by atoms with Crippen molar-refractivity contribution < 1.29 is 4.79 Å². The predicted octanol–water partition coefficient (Wildman–Crippen LogP) is 2.65. The number of aromatic nitrogens is 1. The molecule has 0 aliphatic heterocycles. The van der Waals surface area contributed by atoms with Crippen LogP contribution >= 0.6 is 11.3 Å². The third-order valence-electron chi connectivity index (χ3n) is 2.99. The van der Waals surface area contributed by atoms with Crippen LogP contribution in [0.1, 0.15) is 28.1 Å². The normalized spacial score (nSPS) is 14.1. The van der Waals surface area contributed by atoms with Gasteiger partial charge in [0.2, 0.25) is 0 Å². The summed E-state index contributed by atoms with van der Waals surface area (Å²) in [6.45, 7) is 0.734. The van der Waals surface area contributed by atoms with Crippen molar-refractivity contribution in [1.82, 2.24) is 10.3 Å². The molecule has 0 spiro atoms. The third kappa shape index (κ3) is 3.32. The molecule has 1 fully saturated rings. The molecule has 2 aromatic rings. The highest BCUT2D eigenvalue weighted by atomic mass is 32.1. The van der Waals surface area contributed by atoms with Crippen molar-refractivity contribution in [3.63, 3.8) is 0 Å².